The molecule has 0 spiro atoms. The fraction of sp³-hybridized carbons (Fsp3) is 0. The predicted octanol–water partition coefficient (Wildman–Crippen LogP) is 3.49. The molecular weight excluding hydrogens is 268 g/mol. The van der Waals surface area contributed by atoms with Crippen LogP contribution in [-0.4, -0.2) is 21.1 Å². The van der Waals surface area contributed by atoms with Gasteiger partial charge in [0.15, 0.2) is 5.82 Å². The second-order valence-electron chi connectivity index (χ2n) is 4.19. The zero-order valence-electron chi connectivity index (χ0n) is 10.6. The monoisotopic (exact) mass is 280 g/mol. The van der Waals surface area contributed by atoms with E-state index >= 15 is 0 Å². The highest BCUT2D eigenvalue weighted by Crippen LogP contribution is 2.16. The summed E-state index contributed by atoms with van der Waals surface area (Å²) in [7, 11) is 0. The molecule has 0 bridgehead atoms. The van der Waals surface area contributed by atoms with Crippen molar-refractivity contribution in [1.82, 2.24) is 14.9 Å². The summed E-state index contributed by atoms with van der Waals surface area (Å²) in [5.74, 6) is 0.697. The van der Waals surface area contributed by atoms with Gasteiger partial charge in [0.05, 0.1) is 6.21 Å². The molecule has 98 valence electrons. The molecule has 0 amide bonds. The number of nitrogens with one attached hydrogen (secondary N) is 1. The van der Waals surface area contributed by atoms with Crippen LogP contribution in [0, 0.1) is 4.77 Å². The summed E-state index contributed by atoms with van der Waals surface area (Å²) in [6, 6.07) is 19.7. The molecule has 0 radical (unpaired) electrons. The van der Waals surface area contributed by atoms with Crippen LogP contribution in [0.2, 0.25) is 0 Å². The van der Waals surface area contributed by atoms with Crippen molar-refractivity contribution in [2.45, 2.75) is 0 Å². The van der Waals surface area contributed by atoms with E-state index < -0.39 is 0 Å². The van der Waals surface area contributed by atoms with E-state index in [1.54, 1.807) is 10.9 Å². The fourth-order valence-electron chi connectivity index (χ4n) is 1.84. The van der Waals surface area contributed by atoms with Crippen LogP contribution >= 0.6 is 12.2 Å². The van der Waals surface area contributed by atoms with Gasteiger partial charge in [-0.25, -0.2) is 5.10 Å². The molecule has 0 saturated carbocycles. The second kappa shape index (κ2) is 5.63. The smallest absolute Gasteiger partial charge is 0.216 e. The summed E-state index contributed by atoms with van der Waals surface area (Å²) < 4.78 is 2.09. The minimum Gasteiger partial charge on any atom is -0.250 e. The first-order valence-electron chi connectivity index (χ1n) is 6.17. The maximum Gasteiger partial charge on any atom is 0.216 e. The Hall–Kier alpha value is -2.53. The van der Waals surface area contributed by atoms with Crippen LogP contribution in [0.5, 0.6) is 0 Å². The summed E-state index contributed by atoms with van der Waals surface area (Å²) in [5, 5.41) is 11.4. The Morgan fingerprint density at radius 2 is 1.65 bits per heavy atom. The molecule has 4 nitrogen and oxygen atoms in total. The summed E-state index contributed by atoms with van der Waals surface area (Å²) in [5.41, 5.74) is 1.97. The highest BCUT2D eigenvalue weighted by Gasteiger charge is 2.06. The van der Waals surface area contributed by atoms with Crippen molar-refractivity contribution in [3.8, 4) is 11.4 Å². The van der Waals surface area contributed by atoms with Crippen LogP contribution in [0.1, 0.15) is 5.56 Å². The topological polar surface area (TPSA) is 46.0 Å². The highest BCUT2D eigenvalue weighted by molar-refractivity contribution is 7.71. The van der Waals surface area contributed by atoms with Crippen molar-refractivity contribution in [2.24, 2.45) is 5.10 Å². The first-order valence-corrected chi connectivity index (χ1v) is 6.58. The Bertz CT molecular complexity index is 772. The SMILES string of the molecule is S=c1[nH]nc(-c2ccccc2)n1/N=C\c1ccccc1. The van der Waals surface area contributed by atoms with Crippen LogP contribution in [-0.2, 0) is 0 Å². The largest absolute Gasteiger partial charge is 0.250 e. The Balaban J connectivity index is 2.01. The van der Waals surface area contributed by atoms with Crippen molar-refractivity contribution >= 4 is 18.4 Å². The molecule has 0 unspecified atom stereocenters. The molecule has 1 aromatic heterocycles. The minimum atomic E-state index is 0.469. The van der Waals surface area contributed by atoms with E-state index in [9.17, 15) is 0 Å². The first-order chi connectivity index (χ1) is 9.84. The predicted molar refractivity (Wildman–Crippen MR) is 82.3 cm³/mol. The number of H-pyrrole nitrogens is 1. The zero-order chi connectivity index (χ0) is 13.8. The average Bonchev–Trinajstić information content (AvgIpc) is 2.88. The van der Waals surface area contributed by atoms with Gasteiger partial charge in [-0.2, -0.15) is 14.9 Å². The Morgan fingerprint density at radius 3 is 2.35 bits per heavy atom. The van der Waals surface area contributed by atoms with E-state index in [1.165, 1.54) is 0 Å². The molecule has 3 rings (SSSR count). The number of hydrogen-bond acceptors (Lipinski definition) is 3. The first kappa shape index (κ1) is 12.5. The molecule has 0 aliphatic heterocycles. The third-order valence-electron chi connectivity index (χ3n) is 2.80. The molecule has 0 saturated heterocycles. The summed E-state index contributed by atoms with van der Waals surface area (Å²) >= 11 is 5.22. The van der Waals surface area contributed by atoms with Gasteiger partial charge in [0.1, 0.15) is 0 Å². The van der Waals surface area contributed by atoms with Crippen LogP contribution in [0.25, 0.3) is 11.4 Å². The lowest BCUT2D eigenvalue weighted by molar-refractivity contribution is 0.871. The van der Waals surface area contributed by atoms with Crippen molar-refractivity contribution < 1.29 is 0 Å². The molecule has 1 heterocycles. The minimum absolute atomic E-state index is 0.469. The van der Waals surface area contributed by atoms with E-state index in [2.05, 4.69) is 15.3 Å². The van der Waals surface area contributed by atoms with E-state index in [0.717, 1.165) is 11.1 Å². The molecule has 3 aromatic rings. The van der Waals surface area contributed by atoms with E-state index in [0.29, 0.717) is 10.6 Å². The maximum atomic E-state index is 5.22. The van der Waals surface area contributed by atoms with Gasteiger partial charge in [0, 0.05) is 5.56 Å². The van der Waals surface area contributed by atoms with Crippen LogP contribution in [0.4, 0.5) is 0 Å². The number of aromatic amines is 1. The van der Waals surface area contributed by atoms with Crippen LogP contribution in [0.3, 0.4) is 0 Å². The lowest BCUT2D eigenvalue weighted by Crippen LogP contribution is -1.94. The molecule has 5 heteroatoms. The lowest BCUT2D eigenvalue weighted by atomic mass is 10.2. The molecule has 0 aliphatic carbocycles. The van der Waals surface area contributed by atoms with Gasteiger partial charge >= 0.3 is 0 Å². The van der Waals surface area contributed by atoms with Crippen molar-refractivity contribution in [3.05, 3.63) is 71.0 Å². The normalized spacial score (nSPS) is 11.0. The van der Waals surface area contributed by atoms with Crippen molar-refractivity contribution in [3.63, 3.8) is 0 Å². The van der Waals surface area contributed by atoms with Crippen molar-refractivity contribution in [2.75, 3.05) is 0 Å². The molecule has 0 fully saturated rings. The second-order valence-corrected chi connectivity index (χ2v) is 4.57. The van der Waals surface area contributed by atoms with Crippen LogP contribution < -0.4 is 0 Å². The Morgan fingerprint density at radius 1 is 1.00 bits per heavy atom. The van der Waals surface area contributed by atoms with Gasteiger partial charge in [0.25, 0.3) is 0 Å². The molecule has 20 heavy (non-hydrogen) atoms. The van der Waals surface area contributed by atoms with Gasteiger partial charge in [-0.05, 0) is 17.8 Å². The third kappa shape index (κ3) is 2.57. The summed E-state index contributed by atoms with van der Waals surface area (Å²) in [4.78, 5) is 0. The number of nitrogens with zero attached hydrogens (tertiary/aromatic N) is 3. The number of hydrogen-bond donors (Lipinski definition) is 1. The third-order valence-corrected chi connectivity index (χ3v) is 3.07. The molecule has 0 atom stereocenters. The van der Waals surface area contributed by atoms with Gasteiger partial charge in [-0.3, -0.25) is 0 Å². The average molecular weight is 280 g/mol. The van der Waals surface area contributed by atoms with Gasteiger partial charge in [-0.15, -0.1) is 0 Å². The number of aromatic nitrogens is 3. The van der Waals surface area contributed by atoms with E-state index in [1.807, 2.05) is 60.7 Å². The van der Waals surface area contributed by atoms with Gasteiger partial charge < -0.3 is 0 Å². The highest BCUT2D eigenvalue weighted by atomic mass is 32.1. The Labute approximate surface area is 121 Å². The lowest BCUT2D eigenvalue weighted by Gasteiger charge is -2.00. The fourth-order valence-corrected chi connectivity index (χ4v) is 2.02. The van der Waals surface area contributed by atoms with Gasteiger partial charge in [0.2, 0.25) is 4.77 Å². The quantitative estimate of drug-likeness (QED) is 0.589. The molecule has 2 aromatic carbocycles. The molecular formula is C15H12N4S. The zero-order valence-corrected chi connectivity index (χ0v) is 11.4. The van der Waals surface area contributed by atoms with Crippen molar-refractivity contribution in [1.29, 1.82) is 0 Å². The summed E-state index contributed by atoms with van der Waals surface area (Å²) in [6.07, 6.45) is 1.76. The molecule has 0 aliphatic rings. The number of benzene rings is 2. The maximum absolute atomic E-state index is 5.22. The van der Waals surface area contributed by atoms with Gasteiger partial charge in [-0.1, -0.05) is 60.7 Å². The Kier molecular flexibility index (Phi) is 3.52. The molecule has 1 N–H and O–H groups in total. The van der Waals surface area contributed by atoms with Crippen LogP contribution in [0.15, 0.2) is 65.8 Å². The summed E-state index contributed by atoms with van der Waals surface area (Å²) in [6.45, 7) is 0. The van der Waals surface area contributed by atoms with E-state index in [-0.39, 0.29) is 0 Å². The number of rotatable bonds is 3. The standard InChI is InChI=1S/C15H12N4S/c20-15-18-17-14(13-9-5-2-6-10-13)19(15)16-11-12-7-3-1-4-8-12/h1-11H,(H,18,20)/b16-11-. The van der Waals surface area contributed by atoms with E-state index in [4.69, 9.17) is 12.2 Å².